The van der Waals surface area contributed by atoms with Crippen LogP contribution in [0.25, 0.3) is 0 Å². The molecule has 0 amide bonds. The molecule has 0 radical (unpaired) electrons. The van der Waals surface area contributed by atoms with Crippen molar-refractivity contribution in [2.45, 2.75) is 25.5 Å². The standard InChI is InChI=1S/C11H24N2O2/c1-10-7-12(2)5-4-6-13(10)8-11(14)9-15-3/h10-11,14H,4-9H2,1-3H3. The van der Waals surface area contributed by atoms with E-state index in [2.05, 4.69) is 23.8 Å². The van der Waals surface area contributed by atoms with Gasteiger partial charge in [-0.25, -0.2) is 0 Å². The second-order valence-corrected chi connectivity index (χ2v) is 4.57. The third-order valence-corrected chi connectivity index (χ3v) is 2.99. The molecule has 0 aliphatic carbocycles. The summed E-state index contributed by atoms with van der Waals surface area (Å²) in [6, 6.07) is 0.518. The molecule has 0 aromatic rings. The van der Waals surface area contributed by atoms with E-state index >= 15 is 0 Å². The molecule has 4 nitrogen and oxygen atoms in total. The van der Waals surface area contributed by atoms with E-state index in [0.29, 0.717) is 12.6 Å². The minimum atomic E-state index is -0.360. The van der Waals surface area contributed by atoms with Gasteiger partial charge in [0.15, 0.2) is 0 Å². The van der Waals surface area contributed by atoms with E-state index in [1.807, 2.05) is 0 Å². The normalized spacial score (nSPS) is 27.6. The summed E-state index contributed by atoms with van der Waals surface area (Å²) in [5.41, 5.74) is 0. The van der Waals surface area contributed by atoms with Crippen molar-refractivity contribution >= 4 is 0 Å². The SMILES string of the molecule is COCC(O)CN1CCCN(C)CC1C. The lowest BCUT2D eigenvalue weighted by Crippen LogP contribution is -2.43. The maximum atomic E-state index is 9.70. The summed E-state index contributed by atoms with van der Waals surface area (Å²) in [6.07, 6.45) is 0.821. The summed E-state index contributed by atoms with van der Waals surface area (Å²) >= 11 is 0. The predicted molar refractivity (Wildman–Crippen MR) is 61.0 cm³/mol. The second kappa shape index (κ2) is 6.43. The highest BCUT2D eigenvalue weighted by atomic mass is 16.5. The number of aliphatic hydroxyl groups is 1. The minimum absolute atomic E-state index is 0.360. The van der Waals surface area contributed by atoms with E-state index in [1.54, 1.807) is 7.11 Å². The molecule has 90 valence electrons. The Bertz CT molecular complexity index is 178. The van der Waals surface area contributed by atoms with Gasteiger partial charge in [-0.3, -0.25) is 4.90 Å². The van der Waals surface area contributed by atoms with E-state index < -0.39 is 0 Å². The summed E-state index contributed by atoms with van der Waals surface area (Å²) in [5, 5.41) is 9.70. The van der Waals surface area contributed by atoms with Crippen molar-refractivity contribution in [2.75, 3.05) is 46.9 Å². The van der Waals surface area contributed by atoms with Gasteiger partial charge >= 0.3 is 0 Å². The molecule has 15 heavy (non-hydrogen) atoms. The average Bonchev–Trinajstić information content (AvgIpc) is 2.29. The predicted octanol–water partition coefficient (Wildman–Crippen LogP) is 0.0197. The summed E-state index contributed by atoms with van der Waals surface area (Å²) in [4.78, 5) is 4.71. The van der Waals surface area contributed by atoms with Crippen LogP contribution in [-0.4, -0.2) is 74.0 Å². The molecule has 1 aliphatic heterocycles. The van der Waals surface area contributed by atoms with Crippen molar-refractivity contribution in [3.63, 3.8) is 0 Å². The molecular weight excluding hydrogens is 192 g/mol. The van der Waals surface area contributed by atoms with Crippen molar-refractivity contribution in [1.82, 2.24) is 9.80 Å². The van der Waals surface area contributed by atoms with Crippen LogP contribution in [0.3, 0.4) is 0 Å². The highest BCUT2D eigenvalue weighted by Crippen LogP contribution is 2.09. The Morgan fingerprint density at radius 3 is 2.87 bits per heavy atom. The van der Waals surface area contributed by atoms with Crippen LogP contribution in [0, 0.1) is 0 Å². The summed E-state index contributed by atoms with van der Waals surface area (Å²) in [7, 11) is 3.79. The minimum Gasteiger partial charge on any atom is -0.389 e. The van der Waals surface area contributed by atoms with Gasteiger partial charge in [0.1, 0.15) is 0 Å². The Morgan fingerprint density at radius 2 is 2.20 bits per heavy atom. The number of β-amino-alcohol motifs (C(OH)–C–C–N with tert-alkyl or cyclic N) is 1. The number of aliphatic hydroxyl groups excluding tert-OH is 1. The van der Waals surface area contributed by atoms with Gasteiger partial charge in [-0.2, -0.15) is 0 Å². The Kier molecular flexibility index (Phi) is 5.53. The van der Waals surface area contributed by atoms with Crippen molar-refractivity contribution in [3.8, 4) is 0 Å². The van der Waals surface area contributed by atoms with Gasteiger partial charge in [0.2, 0.25) is 0 Å². The van der Waals surface area contributed by atoms with Gasteiger partial charge < -0.3 is 14.7 Å². The maximum Gasteiger partial charge on any atom is 0.0900 e. The lowest BCUT2D eigenvalue weighted by atomic mass is 10.2. The smallest absolute Gasteiger partial charge is 0.0900 e. The van der Waals surface area contributed by atoms with Crippen molar-refractivity contribution in [2.24, 2.45) is 0 Å². The van der Waals surface area contributed by atoms with E-state index in [9.17, 15) is 5.11 Å². The average molecular weight is 216 g/mol. The van der Waals surface area contributed by atoms with E-state index in [-0.39, 0.29) is 6.10 Å². The number of hydrogen-bond acceptors (Lipinski definition) is 4. The number of rotatable bonds is 4. The molecule has 1 fully saturated rings. The second-order valence-electron chi connectivity index (χ2n) is 4.57. The Hall–Kier alpha value is -0.160. The van der Waals surface area contributed by atoms with Gasteiger partial charge in [0.25, 0.3) is 0 Å². The van der Waals surface area contributed by atoms with Crippen molar-refractivity contribution < 1.29 is 9.84 Å². The van der Waals surface area contributed by atoms with Crippen LogP contribution in [0.4, 0.5) is 0 Å². The van der Waals surface area contributed by atoms with Crippen LogP contribution in [0.1, 0.15) is 13.3 Å². The van der Waals surface area contributed by atoms with E-state index in [0.717, 1.165) is 26.2 Å². The third kappa shape index (κ3) is 4.47. The Morgan fingerprint density at radius 1 is 1.47 bits per heavy atom. The molecule has 0 aromatic carbocycles. The van der Waals surface area contributed by atoms with Crippen LogP contribution < -0.4 is 0 Å². The van der Waals surface area contributed by atoms with Crippen LogP contribution >= 0.6 is 0 Å². The third-order valence-electron chi connectivity index (χ3n) is 2.99. The number of methoxy groups -OCH3 is 1. The van der Waals surface area contributed by atoms with E-state index in [4.69, 9.17) is 4.74 Å². The lowest BCUT2D eigenvalue weighted by Gasteiger charge is -2.29. The molecule has 2 atom stereocenters. The Labute approximate surface area is 92.8 Å². The van der Waals surface area contributed by atoms with Crippen LogP contribution in [0.2, 0.25) is 0 Å². The first kappa shape index (κ1) is 12.9. The zero-order chi connectivity index (χ0) is 11.3. The molecule has 1 aliphatic rings. The van der Waals surface area contributed by atoms with Crippen LogP contribution in [0.15, 0.2) is 0 Å². The molecule has 0 saturated carbocycles. The van der Waals surface area contributed by atoms with Crippen molar-refractivity contribution in [1.29, 1.82) is 0 Å². The fourth-order valence-electron chi connectivity index (χ4n) is 2.21. The topological polar surface area (TPSA) is 35.9 Å². The number of nitrogens with zero attached hydrogens (tertiary/aromatic N) is 2. The largest absolute Gasteiger partial charge is 0.389 e. The molecule has 1 heterocycles. The first-order valence-corrected chi connectivity index (χ1v) is 5.73. The van der Waals surface area contributed by atoms with Gasteiger partial charge in [0, 0.05) is 26.2 Å². The zero-order valence-electron chi connectivity index (χ0n) is 10.1. The fraction of sp³-hybridized carbons (Fsp3) is 1.00. The molecule has 0 aromatic heterocycles. The quantitative estimate of drug-likeness (QED) is 0.719. The van der Waals surface area contributed by atoms with E-state index in [1.165, 1.54) is 6.42 Å². The number of likely N-dealkylation sites (N-methyl/N-ethyl adjacent to an activating group) is 1. The molecule has 1 saturated heterocycles. The lowest BCUT2D eigenvalue weighted by molar-refractivity contribution is 0.0292. The summed E-state index contributed by atoms with van der Waals surface area (Å²) < 4.78 is 4.95. The van der Waals surface area contributed by atoms with Crippen LogP contribution in [-0.2, 0) is 4.74 Å². The number of ether oxygens (including phenoxy) is 1. The molecule has 2 unspecified atom stereocenters. The molecule has 1 rings (SSSR count). The molecular formula is C11H24N2O2. The first-order valence-electron chi connectivity index (χ1n) is 5.73. The summed E-state index contributed by atoms with van der Waals surface area (Å²) in [5.74, 6) is 0. The molecule has 0 spiro atoms. The zero-order valence-corrected chi connectivity index (χ0v) is 10.1. The first-order chi connectivity index (χ1) is 7.13. The van der Waals surface area contributed by atoms with Gasteiger partial charge in [-0.05, 0) is 33.5 Å². The van der Waals surface area contributed by atoms with Gasteiger partial charge in [0.05, 0.1) is 12.7 Å². The monoisotopic (exact) mass is 216 g/mol. The highest BCUT2D eigenvalue weighted by Gasteiger charge is 2.21. The summed E-state index contributed by atoms with van der Waals surface area (Å²) in [6.45, 7) is 6.69. The molecule has 0 bridgehead atoms. The van der Waals surface area contributed by atoms with Gasteiger partial charge in [-0.1, -0.05) is 0 Å². The Balaban J connectivity index is 2.38. The maximum absolute atomic E-state index is 9.70. The highest BCUT2D eigenvalue weighted by molar-refractivity contribution is 4.77. The fourth-order valence-corrected chi connectivity index (χ4v) is 2.21. The number of hydrogen-bond donors (Lipinski definition) is 1. The molecule has 4 heteroatoms. The van der Waals surface area contributed by atoms with Crippen LogP contribution in [0.5, 0.6) is 0 Å². The van der Waals surface area contributed by atoms with Crippen molar-refractivity contribution in [3.05, 3.63) is 0 Å². The van der Waals surface area contributed by atoms with Gasteiger partial charge in [-0.15, -0.1) is 0 Å². The molecule has 1 N–H and O–H groups in total.